The summed E-state index contributed by atoms with van der Waals surface area (Å²) in [4.78, 5) is 11.8. The summed E-state index contributed by atoms with van der Waals surface area (Å²) in [5, 5.41) is 4.88. The monoisotopic (exact) mass is 436 g/mol. The summed E-state index contributed by atoms with van der Waals surface area (Å²) in [7, 11) is 0. The van der Waals surface area contributed by atoms with Crippen molar-refractivity contribution >= 4 is 5.82 Å². The second-order valence-electron chi connectivity index (χ2n) is 8.32. The molecule has 0 atom stereocenters. The SMILES string of the molecule is CCN1CCN(c2c(CN(CC)Cc3ccccn3)c(C)nn2-c2cccc(F)c2)CC1. The molecule has 7 heteroatoms. The van der Waals surface area contributed by atoms with Gasteiger partial charge in [-0.15, -0.1) is 0 Å². The first-order valence-corrected chi connectivity index (χ1v) is 11.5. The van der Waals surface area contributed by atoms with Crippen LogP contribution in [0.2, 0.25) is 0 Å². The zero-order chi connectivity index (χ0) is 22.5. The van der Waals surface area contributed by atoms with Gasteiger partial charge in [-0.05, 0) is 50.3 Å². The summed E-state index contributed by atoms with van der Waals surface area (Å²) in [5.74, 6) is 0.840. The Morgan fingerprint density at radius 3 is 2.47 bits per heavy atom. The van der Waals surface area contributed by atoms with Gasteiger partial charge in [0.25, 0.3) is 0 Å². The molecular weight excluding hydrogens is 403 g/mol. The summed E-state index contributed by atoms with van der Waals surface area (Å²) < 4.78 is 16.0. The average Bonchev–Trinajstić information content (AvgIpc) is 3.15. The van der Waals surface area contributed by atoms with Crippen LogP contribution in [-0.4, -0.2) is 63.8 Å². The van der Waals surface area contributed by atoms with E-state index in [4.69, 9.17) is 5.10 Å². The summed E-state index contributed by atoms with van der Waals surface area (Å²) >= 11 is 0. The summed E-state index contributed by atoms with van der Waals surface area (Å²) in [5.41, 5.74) is 4.02. The Labute approximate surface area is 190 Å². The van der Waals surface area contributed by atoms with Crippen LogP contribution in [0.4, 0.5) is 10.2 Å². The number of likely N-dealkylation sites (N-methyl/N-ethyl adjacent to an activating group) is 1. The highest BCUT2D eigenvalue weighted by molar-refractivity contribution is 5.56. The van der Waals surface area contributed by atoms with Gasteiger partial charge in [0.15, 0.2) is 0 Å². The maximum Gasteiger partial charge on any atom is 0.137 e. The lowest BCUT2D eigenvalue weighted by molar-refractivity contribution is 0.262. The van der Waals surface area contributed by atoms with E-state index in [-0.39, 0.29) is 5.82 Å². The van der Waals surface area contributed by atoms with Gasteiger partial charge in [0, 0.05) is 51.0 Å². The topological polar surface area (TPSA) is 40.4 Å². The molecule has 2 aromatic heterocycles. The number of halogens is 1. The Kier molecular flexibility index (Phi) is 7.17. The van der Waals surface area contributed by atoms with Crippen LogP contribution in [0.5, 0.6) is 0 Å². The van der Waals surface area contributed by atoms with Crippen molar-refractivity contribution in [2.45, 2.75) is 33.9 Å². The standard InChI is InChI=1S/C25H33FN6/c1-4-29-13-15-31(16-14-29)25-24(19-30(5-2)18-22-10-6-7-12-27-22)20(3)28-32(25)23-11-8-9-21(26)17-23/h6-12,17H,4-5,13-16,18-19H2,1-3H3. The van der Waals surface area contributed by atoms with E-state index in [1.807, 2.05) is 29.1 Å². The molecule has 32 heavy (non-hydrogen) atoms. The third kappa shape index (κ3) is 5.00. The van der Waals surface area contributed by atoms with Gasteiger partial charge >= 0.3 is 0 Å². The molecule has 3 heterocycles. The lowest BCUT2D eigenvalue weighted by Crippen LogP contribution is -2.47. The normalized spacial score (nSPS) is 15.0. The Morgan fingerprint density at radius 1 is 1.00 bits per heavy atom. The van der Waals surface area contributed by atoms with Crippen LogP contribution in [0.1, 0.15) is 30.8 Å². The number of nitrogens with zero attached hydrogens (tertiary/aromatic N) is 6. The van der Waals surface area contributed by atoms with E-state index in [1.165, 1.54) is 11.6 Å². The number of anilines is 1. The molecule has 1 aliphatic heterocycles. The fourth-order valence-electron chi connectivity index (χ4n) is 4.34. The lowest BCUT2D eigenvalue weighted by atomic mass is 10.1. The molecular formula is C25H33FN6. The highest BCUT2D eigenvalue weighted by atomic mass is 19.1. The van der Waals surface area contributed by atoms with Gasteiger partial charge in [0.05, 0.1) is 17.1 Å². The minimum Gasteiger partial charge on any atom is -0.354 e. The van der Waals surface area contributed by atoms with Gasteiger partial charge < -0.3 is 9.80 Å². The van der Waals surface area contributed by atoms with Crippen LogP contribution in [0.25, 0.3) is 5.69 Å². The molecule has 0 spiro atoms. The molecule has 0 bridgehead atoms. The van der Waals surface area contributed by atoms with Gasteiger partial charge in [-0.1, -0.05) is 26.0 Å². The number of benzene rings is 1. The fraction of sp³-hybridized carbons (Fsp3) is 0.440. The third-order valence-corrected chi connectivity index (χ3v) is 6.27. The van der Waals surface area contributed by atoms with E-state index in [9.17, 15) is 4.39 Å². The summed E-state index contributed by atoms with van der Waals surface area (Å²) in [6, 6.07) is 12.8. The smallest absolute Gasteiger partial charge is 0.137 e. The van der Waals surface area contributed by atoms with Crippen molar-refractivity contribution in [1.82, 2.24) is 24.6 Å². The number of aryl methyl sites for hydroxylation is 1. The first-order valence-electron chi connectivity index (χ1n) is 11.5. The zero-order valence-electron chi connectivity index (χ0n) is 19.3. The molecule has 1 aromatic carbocycles. The predicted octanol–water partition coefficient (Wildman–Crippen LogP) is 3.88. The largest absolute Gasteiger partial charge is 0.354 e. The molecule has 1 saturated heterocycles. The van der Waals surface area contributed by atoms with E-state index < -0.39 is 0 Å². The zero-order valence-corrected chi connectivity index (χ0v) is 19.3. The van der Waals surface area contributed by atoms with E-state index in [2.05, 4.69) is 46.5 Å². The number of aromatic nitrogens is 3. The minimum atomic E-state index is -0.246. The molecule has 3 aromatic rings. The van der Waals surface area contributed by atoms with Crippen LogP contribution < -0.4 is 4.90 Å². The Morgan fingerprint density at radius 2 is 1.81 bits per heavy atom. The van der Waals surface area contributed by atoms with Crippen LogP contribution >= 0.6 is 0 Å². The molecule has 4 rings (SSSR count). The molecule has 0 aliphatic carbocycles. The van der Waals surface area contributed by atoms with Crippen molar-refractivity contribution in [2.24, 2.45) is 0 Å². The van der Waals surface area contributed by atoms with Crippen LogP contribution in [0.15, 0.2) is 48.7 Å². The Balaban J connectivity index is 1.69. The highest BCUT2D eigenvalue weighted by Gasteiger charge is 2.26. The molecule has 1 aliphatic rings. The van der Waals surface area contributed by atoms with Crippen molar-refractivity contribution in [3.05, 3.63) is 71.4 Å². The molecule has 0 amide bonds. The number of rotatable bonds is 8. The van der Waals surface area contributed by atoms with Crippen LogP contribution in [-0.2, 0) is 13.1 Å². The minimum absolute atomic E-state index is 0.246. The Hall–Kier alpha value is -2.77. The number of hydrogen-bond donors (Lipinski definition) is 0. The van der Waals surface area contributed by atoms with Crippen LogP contribution in [0, 0.1) is 12.7 Å². The predicted molar refractivity (Wildman–Crippen MR) is 127 cm³/mol. The molecule has 0 saturated carbocycles. The van der Waals surface area contributed by atoms with E-state index in [1.54, 1.807) is 12.1 Å². The fourth-order valence-corrected chi connectivity index (χ4v) is 4.34. The molecule has 0 radical (unpaired) electrons. The lowest BCUT2D eigenvalue weighted by Gasteiger charge is -2.36. The van der Waals surface area contributed by atoms with Crippen LogP contribution in [0.3, 0.4) is 0 Å². The molecule has 6 nitrogen and oxygen atoms in total. The second kappa shape index (κ2) is 10.2. The van der Waals surface area contributed by atoms with Crippen molar-refractivity contribution in [3.63, 3.8) is 0 Å². The maximum absolute atomic E-state index is 14.1. The van der Waals surface area contributed by atoms with Crippen molar-refractivity contribution < 1.29 is 4.39 Å². The number of hydrogen-bond acceptors (Lipinski definition) is 5. The molecule has 0 N–H and O–H groups in total. The van der Waals surface area contributed by atoms with Gasteiger partial charge in [0.1, 0.15) is 11.6 Å². The van der Waals surface area contributed by atoms with Crippen molar-refractivity contribution in [2.75, 3.05) is 44.2 Å². The first kappa shape index (κ1) is 22.4. The maximum atomic E-state index is 14.1. The number of piperazine rings is 1. The third-order valence-electron chi connectivity index (χ3n) is 6.27. The summed E-state index contributed by atoms with van der Waals surface area (Å²) in [6.07, 6.45) is 1.84. The molecule has 170 valence electrons. The van der Waals surface area contributed by atoms with E-state index in [0.717, 1.165) is 75.3 Å². The first-order chi connectivity index (χ1) is 15.6. The van der Waals surface area contributed by atoms with Gasteiger partial charge in [-0.25, -0.2) is 9.07 Å². The average molecular weight is 437 g/mol. The summed E-state index contributed by atoms with van der Waals surface area (Å²) in [6.45, 7) is 13.9. The molecule has 0 unspecified atom stereocenters. The number of pyridine rings is 1. The highest BCUT2D eigenvalue weighted by Crippen LogP contribution is 2.30. The van der Waals surface area contributed by atoms with Gasteiger partial charge in [-0.2, -0.15) is 5.10 Å². The van der Waals surface area contributed by atoms with E-state index >= 15 is 0 Å². The van der Waals surface area contributed by atoms with Gasteiger partial charge in [0.2, 0.25) is 0 Å². The van der Waals surface area contributed by atoms with E-state index in [0.29, 0.717) is 0 Å². The Bertz CT molecular complexity index is 1010. The second-order valence-corrected chi connectivity index (χ2v) is 8.32. The quantitative estimate of drug-likeness (QED) is 0.536. The molecule has 1 fully saturated rings. The van der Waals surface area contributed by atoms with Crippen molar-refractivity contribution in [3.8, 4) is 5.69 Å². The van der Waals surface area contributed by atoms with Gasteiger partial charge in [-0.3, -0.25) is 9.88 Å². The van der Waals surface area contributed by atoms with Crippen molar-refractivity contribution in [1.29, 1.82) is 0 Å².